The summed E-state index contributed by atoms with van der Waals surface area (Å²) in [7, 11) is 0. The first-order chi connectivity index (χ1) is 9.20. The maximum absolute atomic E-state index is 12.2. The average molecular weight is 266 g/mol. The summed E-state index contributed by atoms with van der Waals surface area (Å²) < 4.78 is 0. The lowest BCUT2D eigenvalue weighted by Crippen LogP contribution is -2.45. The Balaban J connectivity index is 1.63. The Morgan fingerprint density at radius 1 is 1.42 bits per heavy atom. The molecule has 0 spiro atoms. The number of amides is 3. The Labute approximate surface area is 113 Å². The Hall–Kier alpha value is -1.14. The zero-order valence-electron chi connectivity index (χ0n) is 11.4. The van der Waals surface area contributed by atoms with E-state index in [1.165, 1.54) is 4.90 Å². The molecule has 0 aliphatic carbocycles. The van der Waals surface area contributed by atoms with Crippen molar-refractivity contribution in [3.05, 3.63) is 0 Å². The van der Waals surface area contributed by atoms with E-state index in [4.69, 9.17) is 0 Å². The van der Waals surface area contributed by atoms with Crippen LogP contribution >= 0.6 is 0 Å². The summed E-state index contributed by atoms with van der Waals surface area (Å²) in [5, 5.41) is 6.12. The maximum atomic E-state index is 12.2. The normalized spacial score (nSPS) is 34.7. The molecule has 19 heavy (non-hydrogen) atoms. The molecule has 0 saturated carbocycles. The van der Waals surface area contributed by atoms with Gasteiger partial charge in [-0.3, -0.25) is 14.6 Å². The van der Waals surface area contributed by atoms with Crippen molar-refractivity contribution >= 4 is 11.9 Å². The van der Waals surface area contributed by atoms with Gasteiger partial charge in [0.05, 0.1) is 6.54 Å². The second-order valence-electron chi connectivity index (χ2n) is 5.76. The predicted molar refractivity (Wildman–Crippen MR) is 70.6 cm³/mol. The van der Waals surface area contributed by atoms with Crippen LogP contribution in [0.15, 0.2) is 0 Å². The lowest BCUT2D eigenvalue weighted by Gasteiger charge is -2.27. The molecule has 6 heteroatoms. The largest absolute Gasteiger partial charge is 0.336 e. The van der Waals surface area contributed by atoms with Gasteiger partial charge in [0.15, 0.2) is 0 Å². The van der Waals surface area contributed by atoms with Crippen LogP contribution in [0.3, 0.4) is 0 Å². The lowest BCUT2D eigenvalue weighted by atomic mass is 9.93. The Bertz CT molecular complexity index is 387. The van der Waals surface area contributed by atoms with Crippen molar-refractivity contribution in [3.8, 4) is 0 Å². The Kier molecular flexibility index (Phi) is 3.45. The molecule has 0 bridgehead atoms. The summed E-state index contributed by atoms with van der Waals surface area (Å²) in [4.78, 5) is 27.3. The molecule has 3 rings (SSSR count). The van der Waals surface area contributed by atoms with Crippen molar-refractivity contribution in [2.24, 2.45) is 11.8 Å². The van der Waals surface area contributed by atoms with Gasteiger partial charge in [0.25, 0.3) is 0 Å². The van der Waals surface area contributed by atoms with Gasteiger partial charge in [-0.2, -0.15) is 0 Å². The number of nitrogens with one attached hydrogen (secondary N) is 2. The number of carbonyl (C=O) groups is 2. The first-order valence-electron chi connectivity index (χ1n) is 7.23. The van der Waals surface area contributed by atoms with Gasteiger partial charge in [-0.25, -0.2) is 4.79 Å². The first-order valence-corrected chi connectivity index (χ1v) is 7.23. The molecule has 3 unspecified atom stereocenters. The summed E-state index contributed by atoms with van der Waals surface area (Å²) in [6.07, 6.45) is 1.07. The van der Waals surface area contributed by atoms with Crippen LogP contribution in [-0.2, 0) is 4.79 Å². The summed E-state index contributed by atoms with van der Waals surface area (Å²) >= 11 is 0. The highest BCUT2D eigenvalue weighted by Gasteiger charge is 2.44. The Morgan fingerprint density at radius 2 is 2.26 bits per heavy atom. The molecular formula is C13H22N4O2. The van der Waals surface area contributed by atoms with Crippen molar-refractivity contribution < 1.29 is 9.59 Å². The number of carbonyl (C=O) groups excluding carboxylic acids is 2. The van der Waals surface area contributed by atoms with Gasteiger partial charge in [0, 0.05) is 25.7 Å². The molecule has 3 aliphatic heterocycles. The van der Waals surface area contributed by atoms with Crippen LogP contribution in [0.2, 0.25) is 0 Å². The fraction of sp³-hybridized carbons (Fsp3) is 0.846. The molecule has 0 aromatic carbocycles. The first kappa shape index (κ1) is 12.9. The van der Waals surface area contributed by atoms with E-state index in [-0.39, 0.29) is 11.9 Å². The maximum Gasteiger partial charge on any atom is 0.324 e. The minimum Gasteiger partial charge on any atom is -0.336 e. The average Bonchev–Trinajstić information content (AvgIpc) is 3.04. The number of fused-ring (bicyclic) bond motifs is 1. The monoisotopic (exact) mass is 266 g/mol. The number of urea groups is 1. The van der Waals surface area contributed by atoms with E-state index >= 15 is 0 Å². The molecular weight excluding hydrogens is 244 g/mol. The van der Waals surface area contributed by atoms with Gasteiger partial charge in [-0.1, -0.05) is 6.92 Å². The predicted octanol–water partition coefficient (Wildman–Crippen LogP) is -0.532. The van der Waals surface area contributed by atoms with Crippen molar-refractivity contribution in [3.63, 3.8) is 0 Å². The van der Waals surface area contributed by atoms with Crippen molar-refractivity contribution in [2.75, 3.05) is 39.3 Å². The zero-order valence-corrected chi connectivity index (χ0v) is 11.4. The highest BCUT2D eigenvalue weighted by atomic mass is 16.2. The number of rotatable bonds is 3. The van der Waals surface area contributed by atoms with Crippen molar-refractivity contribution in [1.29, 1.82) is 0 Å². The zero-order chi connectivity index (χ0) is 13.4. The highest BCUT2D eigenvalue weighted by Crippen LogP contribution is 2.33. The SMILES string of the molecule is CCC1C2CNCC2CN1CC(=O)N1CCNC1=O. The van der Waals surface area contributed by atoms with E-state index in [9.17, 15) is 9.59 Å². The van der Waals surface area contributed by atoms with Gasteiger partial charge in [-0.15, -0.1) is 0 Å². The third-order valence-electron chi connectivity index (χ3n) is 4.74. The molecule has 0 aromatic heterocycles. The molecule has 6 nitrogen and oxygen atoms in total. The molecule has 2 N–H and O–H groups in total. The summed E-state index contributed by atoms with van der Waals surface area (Å²) in [6, 6.07) is 0.244. The number of likely N-dealkylation sites (tertiary alicyclic amines) is 1. The van der Waals surface area contributed by atoms with Crippen LogP contribution < -0.4 is 10.6 Å². The smallest absolute Gasteiger partial charge is 0.324 e. The number of hydrogen-bond acceptors (Lipinski definition) is 4. The molecule has 3 aliphatic rings. The molecule has 3 amide bonds. The third kappa shape index (κ3) is 2.23. The minimum absolute atomic E-state index is 0.0543. The van der Waals surface area contributed by atoms with Gasteiger partial charge >= 0.3 is 6.03 Å². The van der Waals surface area contributed by atoms with Crippen LogP contribution in [0, 0.1) is 11.8 Å². The molecule has 0 aromatic rings. The van der Waals surface area contributed by atoms with Crippen molar-refractivity contribution in [2.45, 2.75) is 19.4 Å². The number of imide groups is 1. The second-order valence-corrected chi connectivity index (χ2v) is 5.76. The van der Waals surface area contributed by atoms with E-state index in [1.54, 1.807) is 0 Å². The lowest BCUT2D eigenvalue weighted by molar-refractivity contribution is -0.129. The standard InChI is InChI=1S/C13H22N4O2/c1-2-11-10-6-14-5-9(10)7-16(11)8-12(18)17-4-3-15-13(17)19/h9-11,14H,2-8H2,1H3,(H,15,19). The quantitative estimate of drug-likeness (QED) is 0.721. The molecule has 106 valence electrons. The molecule has 0 radical (unpaired) electrons. The van der Waals surface area contributed by atoms with E-state index in [2.05, 4.69) is 22.5 Å². The van der Waals surface area contributed by atoms with Gasteiger partial charge in [0.1, 0.15) is 0 Å². The third-order valence-corrected chi connectivity index (χ3v) is 4.74. The fourth-order valence-corrected chi connectivity index (χ4v) is 3.82. The minimum atomic E-state index is -0.237. The van der Waals surface area contributed by atoms with E-state index < -0.39 is 0 Å². The van der Waals surface area contributed by atoms with Crippen LogP contribution in [0.1, 0.15) is 13.3 Å². The number of hydrogen-bond donors (Lipinski definition) is 2. The van der Waals surface area contributed by atoms with Gasteiger partial charge in [-0.05, 0) is 31.3 Å². The van der Waals surface area contributed by atoms with E-state index in [0.29, 0.717) is 37.5 Å². The molecule has 3 saturated heterocycles. The number of nitrogens with zero attached hydrogens (tertiary/aromatic N) is 2. The van der Waals surface area contributed by atoms with Crippen LogP contribution in [0.25, 0.3) is 0 Å². The summed E-state index contributed by atoms with van der Waals surface area (Å²) in [6.45, 7) is 6.78. The summed E-state index contributed by atoms with van der Waals surface area (Å²) in [5.41, 5.74) is 0. The molecule has 3 heterocycles. The highest BCUT2D eigenvalue weighted by molar-refractivity contribution is 5.96. The fourth-order valence-electron chi connectivity index (χ4n) is 3.82. The topological polar surface area (TPSA) is 64.7 Å². The van der Waals surface area contributed by atoms with Gasteiger partial charge in [0.2, 0.25) is 5.91 Å². The summed E-state index contributed by atoms with van der Waals surface area (Å²) in [5.74, 6) is 1.29. The molecule has 3 fully saturated rings. The van der Waals surface area contributed by atoms with Crippen LogP contribution in [0.4, 0.5) is 4.79 Å². The van der Waals surface area contributed by atoms with Gasteiger partial charge < -0.3 is 10.6 Å². The Morgan fingerprint density at radius 3 is 2.95 bits per heavy atom. The second kappa shape index (κ2) is 5.09. The van der Waals surface area contributed by atoms with Crippen molar-refractivity contribution in [1.82, 2.24) is 20.4 Å². The molecule has 3 atom stereocenters. The van der Waals surface area contributed by atoms with Crippen LogP contribution in [-0.4, -0.2) is 67.0 Å². The van der Waals surface area contributed by atoms with E-state index in [1.807, 2.05) is 0 Å². The van der Waals surface area contributed by atoms with Crippen LogP contribution in [0.5, 0.6) is 0 Å². The van der Waals surface area contributed by atoms with E-state index in [0.717, 1.165) is 26.1 Å².